The van der Waals surface area contributed by atoms with Crippen molar-refractivity contribution in [1.29, 1.82) is 0 Å². The summed E-state index contributed by atoms with van der Waals surface area (Å²) in [4.78, 5) is 19.5. The lowest BCUT2D eigenvalue weighted by atomic mass is 10.2. The molecule has 0 amide bonds. The van der Waals surface area contributed by atoms with Gasteiger partial charge in [0.05, 0.1) is 32.6 Å². The second-order valence-electron chi connectivity index (χ2n) is 4.33. The lowest BCUT2D eigenvalue weighted by Gasteiger charge is -2.32. The highest BCUT2D eigenvalue weighted by molar-refractivity contribution is 7.11. The van der Waals surface area contributed by atoms with Crippen LogP contribution in [-0.2, 0) is 20.8 Å². The molecule has 0 radical (unpaired) electrons. The largest absolute Gasteiger partial charge is 0.468 e. The average Bonchev–Trinajstić information content (AvgIpc) is 2.68. The minimum atomic E-state index is -0.312. The minimum Gasteiger partial charge on any atom is -0.468 e. The van der Waals surface area contributed by atoms with Crippen molar-refractivity contribution in [3.05, 3.63) is 15.6 Å². The molecule has 0 N–H and O–H groups in total. The number of ether oxygens (including phenoxy) is 2. The molecule has 1 fully saturated rings. The van der Waals surface area contributed by atoms with E-state index in [1.807, 2.05) is 6.92 Å². The number of carbonyl (C=O) groups excluding carboxylic acids is 1. The molecule has 1 aromatic rings. The quantitative estimate of drug-likeness (QED) is 0.771. The molecular formula is C12H18N2O3S. The van der Waals surface area contributed by atoms with Gasteiger partial charge in [-0.3, -0.25) is 9.69 Å². The summed E-state index contributed by atoms with van der Waals surface area (Å²) in [6.45, 7) is 6.53. The van der Waals surface area contributed by atoms with Gasteiger partial charge in [-0.05, 0) is 13.8 Å². The predicted octanol–water partition coefficient (Wildman–Crippen LogP) is 1.13. The second-order valence-corrected chi connectivity index (χ2v) is 5.62. The van der Waals surface area contributed by atoms with Crippen LogP contribution in [0.5, 0.6) is 0 Å². The number of aryl methyl sites for hydroxylation is 2. The normalized spacial score (nSPS) is 20.9. The van der Waals surface area contributed by atoms with Gasteiger partial charge in [0.15, 0.2) is 0 Å². The summed E-state index contributed by atoms with van der Waals surface area (Å²) < 4.78 is 10.2. The van der Waals surface area contributed by atoms with E-state index in [0.29, 0.717) is 19.8 Å². The zero-order chi connectivity index (χ0) is 13.1. The maximum atomic E-state index is 11.7. The molecule has 5 nitrogen and oxygen atoms in total. The monoisotopic (exact) mass is 270 g/mol. The highest BCUT2D eigenvalue weighted by atomic mass is 32.1. The Morgan fingerprint density at radius 2 is 2.39 bits per heavy atom. The molecule has 0 spiro atoms. The van der Waals surface area contributed by atoms with Crippen LogP contribution < -0.4 is 0 Å². The van der Waals surface area contributed by atoms with Crippen LogP contribution in [0.3, 0.4) is 0 Å². The molecule has 1 saturated heterocycles. The zero-order valence-electron chi connectivity index (χ0n) is 10.9. The van der Waals surface area contributed by atoms with Gasteiger partial charge in [-0.2, -0.15) is 0 Å². The Morgan fingerprint density at radius 3 is 3.00 bits per heavy atom. The number of hydrogen-bond acceptors (Lipinski definition) is 6. The molecule has 2 rings (SSSR count). The lowest BCUT2D eigenvalue weighted by molar-refractivity contribution is -0.153. The zero-order valence-corrected chi connectivity index (χ0v) is 11.7. The molecule has 1 aliphatic heterocycles. The number of methoxy groups -OCH3 is 1. The van der Waals surface area contributed by atoms with Crippen molar-refractivity contribution in [2.45, 2.75) is 26.4 Å². The number of rotatable bonds is 3. The van der Waals surface area contributed by atoms with E-state index in [1.165, 1.54) is 12.0 Å². The number of morpholine rings is 1. The minimum absolute atomic E-state index is 0.236. The molecule has 0 aliphatic carbocycles. The fourth-order valence-corrected chi connectivity index (χ4v) is 2.92. The van der Waals surface area contributed by atoms with E-state index < -0.39 is 0 Å². The van der Waals surface area contributed by atoms with Crippen LogP contribution in [0.25, 0.3) is 0 Å². The van der Waals surface area contributed by atoms with Gasteiger partial charge in [0.1, 0.15) is 11.0 Å². The van der Waals surface area contributed by atoms with E-state index in [4.69, 9.17) is 9.47 Å². The van der Waals surface area contributed by atoms with Crippen molar-refractivity contribution in [2.75, 3.05) is 26.9 Å². The van der Waals surface area contributed by atoms with E-state index in [0.717, 1.165) is 17.2 Å². The first-order valence-corrected chi connectivity index (χ1v) is 6.76. The summed E-state index contributed by atoms with van der Waals surface area (Å²) in [5.41, 5.74) is 1.07. The molecule has 1 aliphatic rings. The van der Waals surface area contributed by atoms with Crippen molar-refractivity contribution in [1.82, 2.24) is 9.88 Å². The van der Waals surface area contributed by atoms with Gasteiger partial charge >= 0.3 is 5.97 Å². The summed E-state index contributed by atoms with van der Waals surface area (Å²) in [5, 5.41) is 1.04. The van der Waals surface area contributed by atoms with Crippen molar-refractivity contribution in [3.63, 3.8) is 0 Å². The molecule has 6 heteroatoms. The summed E-state index contributed by atoms with van der Waals surface area (Å²) in [6.07, 6.45) is 0. The second kappa shape index (κ2) is 5.77. The standard InChI is InChI=1S/C12H18N2O3S/c1-8-9(2)18-11(13-8)6-14-4-5-17-7-10(14)12(15)16-3/h10H,4-7H2,1-3H3. The summed E-state index contributed by atoms with van der Waals surface area (Å²) in [7, 11) is 1.41. The molecule has 18 heavy (non-hydrogen) atoms. The first kappa shape index (κ1) is 13.5. The van der Waals surface area contributed by atoms with E-state index in [1.54, 1.807) is 11.3 Å². The molecule has 0 aromatic carbocycles. The van der Waals surface area contributed by atoms with Gasteiger partial charge in [-0.25, -0.2) is 4.98 Å². The van der Waals surface area contributed by atoms with Crippen LogP contribution in [-0.4, -0.2) is 48.8 Å². The van der Waals surface area contributed by atoms with Gasteiger partial charge in [0, 0.05) is 11.4 Å². The molecule has 1 atom stereocenters. The van der Waals surface area contributed by atoms with Crippen LogP contribution >= 0.6 is 11.3 Å². The summed E-state index contributed by atoms with van der Waals surface area (Å²) in [5.74, 6) is -0.236. The Morgan fingerprint density at radius 1 is 1.61 bits per heavy atom. The van der Waals surface area contributed by atoms with Crippen LogP contribution in [0.15, 0.2) is 0 Å². The molecular weight excluding hydrogens is 252 g/mol. The Bertz CT molecular complexity index is 413. The number of carbonyl (C=O) groups is 1. The predicted molar refractivity (Wildman–Crippen MR) is 68.6 cm³/mol. The molecule has 2 heterocycles. The summed E-state index contributed by atoms with van der Waals surface area (Å²) in [6, 6.07) is -0.312. The topological polar surface area (TPSA) is 51.7 Å². The van der Waals surface area contributed by atoms with E-state index in [2.05, 4.69) is 16.8 Å². The highest BCUT2D eigenvalue weighted by Crippen LogP contribution is 2.20. The fraction of sp³-hybridized carbons (Fsp3) is 0.667. The molecule has 1 unspecified atom stereocenters. The van der Waals surface area contributed by atoms with Crippen molar-refractivity contribution >= 4 is 17.3 Å². The molecule has 100 valence electrons. The number of aromatic nitrogens is 1. The smallest absolute Gasteiger partial charge is 0.325 e. The summed E-state index contributed by atoms with van der Waals surface area (Å²) >= 11 is 1.68. The van der Waals surface area contributed by atoms with Crippen LogP contribution in [0.1, 0.15) is 15.6 Å². The Balaban J connectivity index is 2.07. The third kappa shape index (κ3) is 2.88. The van der Waals surface area contributed by atoms with Gasteiger partial charge in [-0.15, -0.1) is 11.3 Å². The first-order valence-electron chi connectivity index (χ1n) is 5.94. The highest BCUT2D eigenvalue weighted by Gasteiger charge is 2.30. The average molecular weight is 270 g/mol. The van der Waals surface area contributed by atoms with Crippen molar-refractivity contribution < 1.29 is 14.3 Å². The molecule has 0 bridgehead atoms. The van der Waals surface area contributed by atoms with Gasteiger partial charge in [0.2, 0.25) is 0 Å². The van der Waals surface area contributed by atoms with Gasteiger partial charge in [0.25, 0.3) is 0 Å². The van der Waals surface area contributed by atoms with Gasteiger partial charge < -0.3 is 9.47 Å². The first-order chi connectivity index (χ1) is 8.61. The fourth-order valence-electron chi connectivity index (χ4n) is 1.96. The Labute approximate surface area is 111 Å². The maximum Gasteiger partial charge on any atom is 0.325 e. The van der Waals surface area contributed by atoms with Crippen LogP contribution in [0.2, 0.25) is 0 Å². The van der Waals surface area contributed by atoms with Crippen LogP contribution in [0, 0.1) is 13.8 Å². The molecule has 0 saturated carbocycles. The Kier molecular flexibility index (Phi) is 4.31. The number of esters is 1. The van der Waals surface area contributed by atoms with E-state index in [-0.39, 0.29) is 12.0 Å². The third-order valence-corrected chi connectivity index (χ3v) is 4.18. The number of thiazole rings is 1. The maximum absolute atomic E-state index is 11.7. The third-order valence-electron chi connectivity index (χ3n) is 3.12. The SMILES string of the molecule is COC(=O)C1COCCN1Cc1nc(C)c(C)s1. The lowest BCUT2D eigenvalue weighted by Crippen LogP contribution is -2.49. The van der Waals surface area contributed by atoms with E-state index >= 15 is 0 Å². The van der Waals surface area contributed by atoms with Crippen molar-refractivity contribution in [3.8, 4) is 0 Å². The number of nitrogens with zero attached hydrogens (tertiary/aromatic N) is 2. The van der Waals surface area contributed by atoms with E-state index in [9.17, 15) is 4.79 Å². The number of hydrogen-bond donors (Lipinski definition) is 0. The van der Waals surface area contributed by atoms with Gasteiger partial charge in [-0.1, -0.05) is 0 Å². The van der Waals surface area contributed by atoms with Crippen LogP contribution in [0.4, 0.5) is 0 Å². The Hall–Kier alpha value is -0.980. The van der Waals surface area contributed by atoms with Crippen molar-refractivity contribution in [2.24, 2.45) is 0 Å². The molecule has 1 aromatic heterocycles.